The predicted molar refractivity (Wildman–Crippen MR) is 117 cm³/mol. The fraction of sp³-hybridized carbons (Fsp3) is 0.524. The molecule has 2 fully saturated rings. The molecule has 4 heterocycles. The minimum Gasteiger partial charge on any atom is -0.381 e. The molecule has 0 radical (unpaired) electrons. The lowest BCUT2D eigenvalue weighted by Gasteiger charge is -2.22. The Morgan fingerprint density at radius 1 is 1.20 bits per heavy atom. The van der Waals surface area contributed by atoms with Crippen LogP contribution in [0.4, 0.5) is 11.6 Å². The molecule has 0 bridgehead atoms. The van der Waals surface area contributed by atoms with Crippen LogP contribution in [0.1, 0.15) is 25.7 Å². The van der Waals surface area contributed by atoms with Gasteiger partial charge in [-0.25, -0.2) is 4.98 Å². The van der Waals surface area contributed by atoms with E-state index in [4.69, 9.17) is 16.3 Å². The summed E-state index contributed by atoms with van der Waals surface area (Å²) in [7, 11) is 0. The number of hydrogen-bond donors (Lipinski definition) is 3. The van der Waals surface area contributed by atoms with Crippen molar-refractivity contribution in [3.05, 3.63) is 29.5 Å². The Labute approximate surface area is 181 Å². The van der Waals surface area contributed by atoms with Crippen molar-refractivity contribution >= 4 is 29.1 Å². The highest BCUT2D eigenvalue weighted by molar-refractivity contribution is 6.33. The first-order chi connectivity index (χ1) is 14.7. The van der Waals surface area contributed by atoms with Crippen molar-refractivity contribution in [2.24, 2.45) is 11.8 Å². The third kappa shape index (κ3) is 5.44. The molecule has 1 unspecified atom stereocenters. The van der Waals surface area contributed by atoms with E-state index >= 15 is 0 Å². The molecule has 8 nitrogen and oxygen atoms in total. The first-order valence-corrected chi connectivity index (χ1v) is 10.9. The van der Waals surface area contributed by atoms with Crippen molar-refractivity contribution < 1.29 is 9.53 Å². The number of ether oxygens (including phenoxy) is 1. The molecule has 30 heavy (non-hydrogen) atoms. The van der Waals surface area contributed by atoms with Crippen LogP contribution in [-0.2, 0) is 9.53 Å². The van der Waals surface area contributed by atoms with Crippen molar-refractivity contribution in [1.29, 1.82) is 0 Å². The van der Waals surface area contributed by atoms with Crippen molar-refractivity contribution in [2.75, 3.05) is 43.5 Å². The second kappa shape index (κ2) is 10.1. The Kier molecular flexibility index (Phi) is 7.09. The number of halogens is 1. The first-order valence-electron chi connectivity index (χ1n) is 10.5. The predicted octanol–water partition coefficient (Wildman–Crippen LogP) is 2.97. The Morgan fingerprint density at radius 3 is 2.87 bits per heavy atom. The van der Waals surface area contributed by atoms with Crippen LogP contribution in [0.2, 0.25) is 5.02 Å². The number of carbonyl (C=O) groups excluding carboxylic acids is 1. The second-order valence-electron chi connectivity index (χ2n) is 7.85. The van der Waals surface area contributed by atoms with E-state index in [1.165, 1.54) is 0 Å². The number of hydrogen-bond acceptors (Lipinski definition) is 7. The highest BCUT2D eigenvalue weighted by Gasteiger charge is 2.21. The van der Waals surface area contributed by atoms with Crippen LogP contribution in [0.15, 0.2) is 24.5 Å². The summed E-state index contributed by atoms with van der Waals surface area (Å²) in [6.45, 7) is 4.13. The number of carbonyl (C=O) groups is 1. The monoisotopic (exact) mass is 430 g/mol. The topological polar surface area (TPSA) is 101 Å². The van der Waals surface area contributed by atoms with Gasteiger partial charge < -0.3 is 20.7 Å². The standard InChI is InChI=1S/C21H27ClN6O2/c22-18-13-25-19(27-21(29)15-2-1-5-23-11-15)9-17(18)16-8-20(28-26-12-16)24-10-14-3-6-30-7-4-14/h8-9,12-15,23H,1-7,10-11H2,(H,24,28)(H,25,27,29). The third-order valence-corrected chi connectivity index (χ3v) is 5.95. The van der Waals surface area contributed by atoms with E-state index in [0.717, 1.165) is 63.1 Å². The van der Waals surface area contributed by atoms with Crippen LogP contribution in [-0.4, -0.2) is 53.9 Å². The molecule has 1 amide bonds. The van der Waals surface area contributed by atoms with Gasteiger partial charge in [-0.1, -0.05) is 11.6 Å². The molecule has 2 saturated heterocycles. The van der Waals surface area contributed by atoms with Gasteiger partial charge in [-0.15, -0.1) is 5.10 Å². The molecule has 0 saturated carbocycles. The van der Waals surface area contributed by atoms with E-state index in [-0.39, 0.29) is 11.8 Å². The van der Waals surface area contributed by atoms with E-state index in [9.17, 15) is 4.79 Å². The van der Waals surface area contributed by atoms with Crippen molar-refractivity contribution in [3.63, 3.8) is 0 Å². The minimum atomic E-state index is -0.0386. The van der Waals surface area contributed by atoms with Gasteiger partial charge in [0.15, 0.2) is 0 Å². The van der Waals surface area contributed by atoms with Crippen LogP contribution in [0.25, 0.3) is 11.1 Å². The van der Waals surface area contributed by atoms with Gasteiger partial charge in [0.25, 0.3) is 0 Å². The zero-order valence-corrected chi connectivity index (χ0v) is 17.6. The summed E-state index contributed by atoms with van der Waals surface area (Å²) in [5, 5.41) is 18.3. The Balaban J connectivity index is 1.45. The van der Waals surface area contributed by atoms with Gasteiger partial charge in [0.1, 0.15) is 11.6 Å². The van der Waals surface area contributed by atoms with Crippen molar-refractivity contribution in [2.45, 2.75) is 25.7 Å². The number of aromatic nitrogens is 3. The molecule has 2 aliphatic heterocycles. The van der Waals surface area contributed by atoms with Gasteiger partial charge >= 0.3 is 0 Å². The second-order valence-corrected chi connectivity index (χ2v) is 8.26. The van der Waals surface area contributed by atoms with Gasteiger partial charge in [0, 0.05) is 43.6 Å². The molecule has 2 aromatic rings. The lowest BCUT2D eigenvalue weighted by atomic mass is 9.99. The van der Waals surface area contributed by atoms with Crippen molar-refractivity contribution in [1.82, 2.24) is 20.5 Å². The first kappa shape index (κ1) is 21.0. The number of rotatable bonds is 6. The molecule has 160 valence electrons. The number of anilines is 2. The molecule has 0 spiro atoms. The van der Waals surface area contributed by atoms with E-state index in [1.54, 1.807) is 18.5 Å². The molecule has 2 aliphatic rings. The Hall–Kier alpha value is -2.29. The van der Waals surface area contributed by atoms with E-state index in [2.05, 4.69) is 31.1 Å². The normalized spacial score (nSPS) is 20.0. The fourth-order valence-electron chi connectivity index (χ4n) is 3.83. The molecule has 9 heteroatoms. The summed E-state index contributed by atoms with van der Waals surface area (Å²) in [6.07, 6.45) is 7.21. The van der Waals surface area contributed by atoms with Crippen LogP contribution in [0, 0.1) is 11.8 Å². The SMILES string of the molecule is O=C(Nc1cc(-c2cnnc(NCC3CCOCC3)c2)c(Cl)cn1)C1CCCNC1. The van der Waals surface area contributed by atoms with Crippen LogP contribution >= 0.6 is 11.6 Å². The maximum Gasteiger partial charge on any atom is 0.229 e. The summed E-state index contributed by atoms with van der Waals surface area (Å²) in [6, 6.07) is 3.71. The molecule has 2 aromatic heterocycles. The molecule has 1 atom stereocenters. The summed E-state index contributed by atoms with van der Waals surface area (Å²) in [4.78, 5) is 16.8. The van der Waals surface area contributed by atoms with Crippen LogP contribution in [0.3, 0.4) is 0 Å². The lowest BCUT2D eigenvalue weighted by molar-refractivity contribution is -0.120. The van der Waals surface area contributed by atoms with Gasteiger partial charge in [-0.05, 0) is 50.3 Å². The van der Waals surface area contributed by atoms with Crippen LogP contribution < -0.4 is 16.0 Å². The van der Waals surface area contributed by atoms with Gasteiger partial charge in [-0.3, -0.25) is 4.79 Å². The number of nitrogens with zero attached hydrogens (tertiary/aromatic N) is 3. The molecule has 0 aromatic carbocycles. The maximum absolute atomic E-state index is 12.5. The zero-order chi connectivity index (χ0) is 20.8. The molecular formula is C21H27ClN6O2. The Bertz CT molecular complexity index is 868. The van der Waals surface area contributed by atoms with Crippen molar-refractivity contribution in [3.8, 4) is 11.1 Å². The summed E-state index contributed by atoms with van der Waals surface area (Å²) in [5.74, 6) is 1.70. The summed E-state index contributed by atoms with van der Waals surface area (Å²) < 4.78 is 5.41. The highest BCUT2D eigenvalue weighted by atomic mass is 35.5. The smallest absolute Gasteiger partial charge is 0.229 e. The largest absolute Gasteiger partial charge is 0.381 e. The van der Waals surface area contributed by atoms with E-state index in [0.29, 0.717) is 29.1 Å². The zero-order valence-electron chi connectivity index (χ0n) is 16.9. The van der Waals surface area contributed by atoms with Gasteiger partial charge in [0.2, 0.25) is 5.91 Å². The quantitative estimate of drug-likeness (QED) is 0.647. The average molecular weight is 431 g/mol. The molecule has 0 aliphatic carbocycles. The molecule has 4 rings (SSSR count). The van der Waals surface area contributed by atoms with Gasteiger partial charge in [-0.2, -0.15) is 5.10 Å². The maximum atomic E-state index is 12.5. The summed E-state index contributed by atoms with van der Waals surface area (Å²) >= 11 is 6.40. The average Bonchev–Trinajstić information content (AvgIpc) is 2.80. The number of nitrogens with one attached hydrogen (secondary N) is 3. The third-order valence-electron chi connectivity index (χ3n) is 5.65. The summed E-state index contributed by atoms with van der Waals surface area (Å²) in [5.41, 5.74) is 1.58. The number of amides is 1. The fourth-order valence-corrected chi connectivity index (χ4v) is 4.04. The minimum absolute atomic E-state index is 0.0188. The van der Waals surface area contributed by atoms with Gasteiger partial charge in [0.05, 0.1) is 17.1 Å². The lowest BCUT2D eigenvalue weighted by Crippen LogP contribution is -2.37. The molecular weight excluding hydrogens is 404 g/mol. The Morgan fingerprint density at radius 2 is 2.07 bits per heavy atom. The van der Waals surface area contributed by atoms with E-state index < -0.39 is 0 Å². The highest BCUT2D eigenvalue weighted by Crippen LogP contribution is 2.30. The molecule has 3 N–H and O–H groups in total. The van der Waals surface area contributed by atoms with E-state index in [1.807, 2.05) is 6.07 Å². The number of piperidine rings is 1. The van der Waals surface area contributed by atoms with Crippen LogP contribution in [0.5, 0.6) is 0 Å². The number of pyridine rings is 1.